The maximum absolute atomic E-state index is 13.1. The number of nitrogens with zero attached hydrogens (tertiary/aromatic N) is 1. The Morgan fingerprint density at radius 2 is 1.62 bits per heavy atom. The van der Waals surface area contributed by atoms with Gasteiger partial charge in [-0.2, -0.15) is 0 Å². The van der Waals surface area contributed by atoms with E-state index < -0.39 is 11.9 Å². The third-order valence-electron chi connectivity index (χ3n) is 5.78. The van der Waals surface area contributed by atoms with Crippen LogP contribution < -0.4 is 18.9 Å². The Morgan fingerprint density at radius 1 is 0.950 bits per heavy atom. The predicted octanol–water partition coefficient (Wildman–Crippen LogP) is 7.67. The van der Waals surface area contributed by atoms with Gasteiger partial charge in [-0.05, 0) is 48.5 Å². The van der Waals surface area contributed by atoms with Gasteiger partial charge in [-0.3, -0.25) is 0 Å². The van der Waals surface area contributed by atoms with E-state index in [1.807, 2.05) is 18.2 Å². The van der Waals surface area contributed by atoms with Crippen LogP contribution in [0.1, 0.15) is 20.8 Å². The molecule has 4 aromatic rings. The van der Waals surface area contributed by atoms with E-state index in [9.17, 15) is 9.59 Å². The first-order chi connectivity index (χ1) is 19.2. The monoisotopic (exact) mass is 705 g/mol. The molecule has 5 rings (SSSR count). The van der Waals surface area contributed by atoms with E-state index in [-0.39, 0.29) is 22.2 Å². The topological polar surface area (TPSA) is 92.7 Å². The van der Waals surface area contributed by atoms with E-state index in [2.05, 4.69) is 36.9 Å². The Morgan fingerprint density at radius 3 is 2.30 bits per heavy atom. The van der Waals surface area contributed by atoms with Crippen LogP contribution in [0.15, 0.2) is 68.2 Å². The molecular weight excluding hydrogens is 690 g/mol. The van der Waals surface area contributed by atoms with Crippen molar-refractivity contribution in [3.05, 3.63) is 84.2 Å². The molecule has 0 unspecified atom stereocenters. The summed E-state index contributed by atoms with van der Waals surface area (Å²) in [6.07, 6.45) is 1.48. The van der Waals surface area contributed by atoms with Crippen LogP contribution >= 0.6 is 54.8 Å². The van der Waals surface area contributed by atoms with Gasteiger partial charge in [0.2, 0.25) is 11.6 Å². The summed E-state index contributed by atoms with van der Waals surface area (Å²) in [5.41, 5.74) is 0.867. The standard InChI is InChI=1S/C28H18Br2ClNO7S/c1-35-20-10-14(11-21(36-2)24(20)37-3)26-32-18(27(33)39-26)9-13-8-15(29)5-7-19(13)38-28(34)25-23(31)17-6-4-16(30)12-22(17)40-25/h4-12H,1-3H3/b18-9+. The van der Waals surface area contributed by atoms with Crippen molar-refractivity contribution in [3.63, 3.8) is 0 Å². The van der Waals surface area contributed by atoms with Crippen LogP contribution in [0, 0.1) is 0 Å². The first-order valence-corrected chi connectivity index (χ1v) is 14.2. The predicted molar refractivity (Wildman–Crippen MR) is 160 cm³/mol. The van der Waals surface area contributed by atoms with Gasteiger partial charge in [0.25, 0.3) is 0 Å². The lowest BCUT2D eigenvalue weighted by Crippen LogP contribution is -2.08. The first kappa shape index (κ1) is 28.2. The average Bonchev–Trinajstić information content (AvgIpc) is 3.47. The van der Waals surface area contributed by atoms with Gasteiger partial charge < -0.3 is 23.7 Å². The molecule has 0 saturated heterocycles. The molecule has 40 heavy (non-hydrogen) atoms. The van der Waals surface area contributed by atoms with Gasteiger partial charge in [-0.25, -0.2) is 14.6 Å². The number of ether oxygens (including phenoxy) is 5. The molecule has 0 saturated carbocycles. The molecule has 204 valence electrons. The molecule has 1 aromatic heterocycles. The first-order valence-electron chi connectivity index (χ1n) is 11.4. The Labute approximate surface area is 254 Å². The second kappa shape index (κ2) is 11.6. The van der Waals surface area contributed by atoms with Crippen molar-refractivity contribution in [1.82, 2.24) is 0 Å². The molecule has 0 N–H and O–H groups in total. The lowest BCUT2D eigenvalue weighted by atomic mass is 10.1. The summed E-state index contributed by atoms with van der Waals surface area (Å²) < 4.78 is 29.7. The van der Waals surface area contributed by atoms with Crippen LogP contribution in [0.5, 0.6) is 23.0 Å². The zero-order chi connectivity index (χ0) is 28.6. The van der Waals surface area contributed by atoms with Crippen molar-refractivity contribution in [3.8, 4) is 23.0 Å². The summed E-state index contributed by atoms with van der Waals surface area (Å²) in [4.78, 5) is 30.6. The maximum atomic E-state index is 13.1. The summed E-state index contributed by atoms with van der Waals surface area (Å²) in [5.74, 6) is 0.0929. The van der Waals surface area contributed by atoms with E-state index in [0.717, 1.165) is 14.6 Å². The zero-order valence-electron chi connectivity index (χ0n) is 21.0. The Balaban J connectivity index is 1.49. The number of benzene rings is 3. The number of carbonyl (C=O) groups excluding carboxylic acids is 2. The number of fused-ring (bicyclic) bond motifs is 1. The summed E-state index contributed by atoms with van der Waals surface area (Å²) in [5, 5.41) is 1.07. The molecule has 8 nitrogen and oxygen atoms in total. The molecule has 1 aliphatic rings. The lowest BCUT2D eigenvalue weighted by molar-refractivity contribution is -0.129. The van der Waals surface area contributed by atoms with Crippen LogP contribution in [0.4, 0.5) is 0 Å². The fourth-order valence-corrected chi connectivity index (χ4v) is 6.24. The Bertz CT molecular complexity index is 1720. The van der Waals surface area contributed by atoms with Crippen molar-refractivity contribution in [2.24, 2.45) is 4.99 Å². The minimum absolute atomic E-state index is 0.00361. The van der Waals surface area contributed by atoms with Gasteiger partial charge in [0, 0.05) is 30.2 Å². The normalized spacial score (nSPS) is 13.8. The molecular formula is C28H18Br2ClNO7S. The van der Waals surface area contributed by atoms with Crippen LogP contribution in [0.2, 0.25) is 5.02 Å². The molecule has 0 radical (unpaired) electrons. The minimum atomic E-state index is -0.681. The third kappa shape index (κ3) is 5.46. The number of cyclic esters (lactones) is 1. The number of aliphatic imine (C=N–C) groups is 1. The van der Waals surface area contributed by atoms with Crippen molar-refractivity contribution < 1.29 is 33.3 Å². The molecule has 1 aliphatic heterocycles. The third-order valence-corrected chi connectivity index (χ3v) is 8.40. The lowest BCUT2D eigenvalue weighted by Gasteiger charge is -2.13. The highest BCUT2D eigenvalue weighted by atomic mass is 79.9. The molecule has 12 heteroatoms. The second-order valence-corrected chi connectivity index (χ2v) is 11.5. The molecule has 2 heterocycles. The van der Waals surface area contributed by atoms with E-state index >= 15 is 0 Å². The molecule has 0 amide bonds. The summed E-state index contributed by atoms with van der Waals surface area (Å²) >= 11 is 14.6. The van der Waals surface area contributed by atoms with Crippen molar-refractivity contribution in [1.29, 1.82) is 0 Å². The quantitative estimate of drug-likeness (QED) is 0.111. The molecule has 3 aromatic carbocycles. The van der Waals surface area contributed by atoms with E-state index in [1.165, 1.54) is 38.7 Å². The number of thiophene rings is 1. The van der Waals surface area contributed by atoms with Crippen molar-refractivity contribution >= 4 is 88.8 Å². The number of methoxy groups -OCH3 is 3. The Kier molecular flexibility index (Phi) is 8.18. The summed E-state index contributed by atoms with van der Waals surface area (Å²) in [7, 11) is 4.45. The minimum Gasteiger partial charge on any atom is -0.493 e. The largest absolute Gasteiger partial charge is 0.493 e. The SMILES string of the molecule is COc1cc(C2=N/C(=C/c3cc(Br)ccc3OC(=O)c3sc4cc(Br)ccc4c3Cl)C(=O)O2)cc(OC)c1OC. The molecule has 0 fully saturated rings. The van der Waals surface area contributed by atoms with Crippen LogP contribution in [0.3, 0.4) is 0 Å². The van der Waals surface area contributed by atoms with Crippen LogP contribution in [0.25, 0.3) is 16.2 Å². The molecule has 0 spiro atoms. The number of carbonyl (C=O) groups is 2. The van der Waals surface area contributed by atoms with Gasteiger partial charge in [0.15, 0.2) is 17.2 Å². The smallest absolute Gasteiger partial charge is 0.363 e. The highest BCUT2D eigenvalue weighted by molar-refractivity contribution is 9.10. The van der Waals surface area contributed by atoms with Crippen LogP contribution in [-0.4, -0.2) is 39.2 Å². The number of halogens is 3. The Hall–Kier alpha value is -3.38. The number of hydrogen-bond donors (Lipinski definition) is 0. The number of rotatable bonds is 7. The van der Waals surface area contributed by atoms with Crippen molar-refractivity contribution in [2.75, 3.05) is 21.3 Å². The van der Waals surface area contributed by atoms with Gasteiger partial charge in [0.1, 0.15) is 10.6 Å². The van der Waals surface area contributed by atoms with Gasteiger partial charge in [0.05, 0.1) is 26.4 Å². The van der Waals surface area contributed by atoms with E-state index in [1.54, 1.807) is 30.3 Å². The van der Waals surface area contributed by atoms with Gasteiger partial charge in [-0.1, -0.05) is 49.5 Å². The van der Waals surface area contributed by atoms with Gasteiger partial charge in [-0.15, -0.1) is 11.3 Å². The second-order valence-electron chi connectivity index (χ2n) is 8.21. The van der Waals surface area contributed by atoms with E-state index in [0.29, 0.717) is 37.9 Å². The highest BCUT2D eigenvalue weighted by Crippen LogP contribution is 2.40. The zero-order valence-corrected chi connectivity index (χ0v) is 25.8. The average molecular weight is 708 g/mol. The number of esters is 2. The molecule has 0 aliphatic carbocycles. The number of hydrogen-bond acceptors (Lipinski definition) is 9. The summed E-state index contributed by atoms with van der Waals surface area (Å²) in [6.45, 7) is 0. The fraction of sp³-hybridized carbons (Fsp3) is 0.107. The van der Waals surface area contributed by atoms with Gasteiger partial charge >= 0.3 is 11.9 Å². The maximum Gasteiger partial charge on any atom is 0.363 e. The van der Waals surface area contributed by atoms with E-state index in [4.69, 9.17) is 35.3 Å². The highest BCUT2D eigenvalue weighted by Gasteiger charge is 2.27. The fourth-order valence-electron chi connectivity index (χ4n) is 3.93. The molecule has 0 atom stereocenters. The van der Waals surface area contributed by atoms with Crippen molar-refractivity contribution in [2.45, 2.75) is 0 Å². The van der Waals surface area contributed by atoms with Crippen LogP contribution in [-0.2, 0) is 9.53 Å². The summed E-state index contributed by atoms with van der Waals surface area (Å²) in [6, 6.07) is 13.8. The molecule has 0 bridgehead atoms.